The van der Waals surface area contributed by atoms with E-state index in [0.717, 1.165) is 5.56 Å². The van der Waals surface area contributed by atoms with Gasteiger partial charge >= 0.3 is 5.97 Å². The molecule has 0 aliphatic heterocycles. The van der Waals surface area contributed by atoms with Crippen molar-refractivity contribution in [2.24, 2.45) is 7.05 Å². The molecule has 0 spiro atoms. The largest absolute Gasteiger partial charge is 0.497 e. The van der Waals surface area contributed by atoms with Crippen LogP contribution in [0.1, 0.15) is 10.4 Å². The monoisotopic (exact) mass is 354 g/mol. The molecule has 26 heavy (non-hydrogen) atoms. The van der Waals surface area contributed by atoms with Gasteiger partial charge in [-0.3, -0.25) is 14.3 Å². The zero-order chi connectivity index (χ0) is 18.7. The minimum atomic E-state index is -0.525. The fourth-order valence-corrected chi connectivity index (χ4v) is 2.55. The summed E-state index contributed by atoms with van der Waals surface area (Å²) >= 11 is 0. The SMILES string of the molecule is COC(=O)CNC(=O)c1cc(-c2cccc(OC)c2)nc2c1cnn2C. The molecule has 8 heteroatoms. The molecule has 2 heterocycles. The van der Waals surface area contributed by atoms with Gasteiger partial charge < -0.3 is 14.8 Å². The van der Waals surface area contributed by atoms with Gasteiger partial charge in [0.25, 0.3) is 5.91 Å². The molecular formula is C18H18N4O4. The Kier molecular flexibility index (Phi) is 4.83. The molecular weight excluding hydrogens is 336 g/mol. The number of nitrogens with one attached hydrogen (secondary N) is 1. The lowest BCUT2D eigenvalue weighted by atomic mass is 10.1. The van der Waals surface area contributed by atoms with Gasteiger partial charge in [-0.2, -0.15) is 5.10 Å². The van der Waals surface area contributed by atoms with Crippen molar-refractivity contribution < 1.29 is 19.1 Å². The Labute approximate surface area is 149 Å². The molecule has 1 amide bonds. The quantitative estimate of drug-likeness (QED) is 0.699. The molecule has 134 valence electrons. The normalized spacial score (nSPS) is 10.6. The highest BCUT2D eigenvalue weighted by Gasteiger charge is 2.17. The first-order chi connectivity index (χ1) is 12.5. The van der Waals surface area contributed by atoms with Crippen LogP contribution in [0.3, 0.4) is 0 Å². The van der Waals surface area contributed by atoms with E-state index in [1.807, 2.05) is 24.3 Å². The van der Waals surface area contributed by atoms with E-state index in [4.69, 9.17) is 4.74 Å². The highest BCUT2D eigenvalue weighted by molar-refractivity contribution is 6.07. The third kappa shape index (κ3) is 3.34. The van der Waals surface area contributed by atoms with E-state index < -0.39 is 11.9 Å². The highest BCUT2D eigenvalue weighted by Crippen LogP contribution is 2.27. The zero-order valence-electron chi connectivity index (χ0n) is 14.6. The molecule has 8 nitrogen and oxygen atoms in total. The Morgan fingerprint density at radius 2 is 2.04 bits per heavy atom. The Hall–Kier alpha value is -3.42. The topological polar surface area (TPSA) is 95.3 Å². The van der Waals surface area contributed by atoms with Crippen molar-refractivity contribution in [3.05, 3.63) is 42.1 Å². The number of carbonyl (C=O) groups is 2. The summed E-state index contributed by atoms with van der Waals surface area (Å²) in [4.78, 5) is 28.5. The molecule has 0 saturated heterocycles. The molecule has 0 bridgehead atoms. The van der Waals surface area contributed by atoms with Gasteiger partial charge in [0.1, 0.15) is 12.3 Å². The van der Waals surface area contributed by atoms with Crippen LogP contribution in [0, 0.1) is 0 Å². The molecule has 0 fully saturated rings. The fraction of sp³-hybridized carbons (Fsp3) is 0.222. The molecule has 0 radical (unpaired) electrons. The summed E-state index contributed by atoms with van der Waals surface area (Å²) in [6.07, 6.45) is 1.57. The Bertz CT molecular complexity index is 980. The van der Waals surface area contributed by atoms with Crippen molar-refractivity contribution in [2.45, 2.75) is 0 Å². The van der Waals surface area contributed by atoms with Crippen LogP contribution in [0.15, 0.2) is 36.5 Å². The van der Waals surface area contributed by atoms with Crippen molar-refractivity contribution in [1.29, 1.82) is 0 Å². The summed E-state index contributed by atoms with van der Waals surface area (Å²) in [7, 11) is 4.60. The van der Waals surface area contributed by atoms with Gasteiger partial charge in [0.15, 0.2) is 5.65 Å². The summed E-state index contributed by atoms with van der Waals surface area (Å²) < 4.78 is 11.4. The maximum atomic E-state index is 12.6. The third-order valence-corrected chi connectivity index (χ3v) is 3.94. The van der Waals surface area contributed by atoms with Crippen LogP contribution < -0.4 is 10.1 Å². The molecule has 0 atom stereocenters. The second-order valence-electron chi connectivity index (χ2n) is 5.55. The second-order valence-corrected chi connectivity index (χ2v) is 5.55. The summed E-state index contributed by atoms with van der Waals surface area (Å²) in [6, 6.07) is 9.06. The molecule has 2 aromatic heterocycles. The van der Waals surface area contributed by atoms with Crippen LogP contribution >= 0.6 is 0 Å². The lowest BCUT2D eigenvalue weighted by molar-refractivity contribution is -0.139. The zero-order valence-corrected chi connectivity index (χ0v) is 14.6. The van der Waals surface area contributed by atoms with Crippen LogP contribution in [0.2, 0.25) is 0 Å². The van der Waals surface area contributed by atoms with Gasteiger partial charge in [-0.1, -0.05) is 12.1 Å². The lowest BCUT2D eigenvalue weighted by Gasteiger charge is -2.09. The fourth-order valence-electron chi connectivity index (χ4n) is 2.55. The Morgan fingerprint density at radius 1 is 1.23 bits per heavy atom. The summed E-state index contributed by atoms with van der Waals surface area (Å²) in [5, 5.41) is 7.32. The number of methoxy groups -OCH3 is 2. The first-order valence-electron chi connectivity index (χ1n) is 7.85. The molecule has 1 aromatic carbocycles. The Morgan fingerprint density at radius 3 is 2.77 bits per heavy atom. The van der Waals surface area contributed by atoms with Crippen molar-refractivity contribution >= 4 is 22.9 Å². The predicted molar refractivity (Wildman–Crippen MR) is 94.8 cm³/mol. The number of nitrogens with zero attached hydrogens (tertiary/aromatic N) is 3. The van der Waals surface area contributed by atoms with Gasteiger partial charge in [-0.05, 0) is 18.2 Å². The van der Waals surface area contributed by atoms with E-state index in [1.54, 1.807) is 31.1 Å². The number of rotatable bonds is 5. The molecule has 0 aliphatic carbocycles. The van der Waals surface area contributed by atoms with Gasteiger partial charge in [0.05, 0.1) is 37.1 Å². The molecule has 3 rings (SSSR count). The minimum Gasteiger partial charge on any atom is -0.497 e. The Balaban J connectivity index is 2.07. The average molecular weight is 354 g/mol. The van der Waals surface area contributed by atoms with Crippen LogP contribution in [0.5, 0.6) is 5.75 Å². The summed E-state index contributed by atoms with van der Waals surface area (Å²) in [6.45, 7) is -0.214. The van der Waals surface area contributed by atoms with E-state index in [9.17, 15) is 9.59 Å². The van der Waals surface area contributed by atoms with Gasteiger partial charge in [0.2, 0.25) is 0 Å². The van der Waals surface area contributed by atoms with Gasteiger partial charge in [0, 0.05) is 12.6 Å². The number of ether oxygens (including phenoxy) is 2. The maximum absolute atomic E-state index is 12.6. The van der Waals surface area contributed by atoms with Crippen molar-refractivity contribution in [2.75, 3.05) is 20.8 Å². The number of hydrogen-bond donors (Lipinski definition) is 1. The maximum Gasteiger partial charge on any atom is 0.325 e. The third-order valence-electron chi connectivity index (χ3n) is 3.94. The number of pyridine rings is 1. The van der Waals surface area contributed by atoms with E-state index in [0.29, 0.717) is 28.0 Å². The van der Waals surface area contributed by atoms with Crippen LogP contribution in [-0.2, 0) is 16.6 Å². The number of benzene rings is 1. The van der Waals surface area contributed by atoms with Crippen molar-refractivity contribution in [1.82, 2.24) is 20.1 Å². The summed E-state index contributed by atoms with van der Waals surface area (Å²) in [5.41, 5.74) is 2.34. The van der Waals surface area contributed by atoms with Crippen LogP contribution in [0.4, 0.5) is 0 Å². The molecule has 0 unspecified atom stereocenters. The van der Waals surface area contributed by atoms with E-state index in [-0.39, 0.29) is 6.54 Å². The minimum absolute atomic E-state index is 0.214. The lowest BCUT2D eigenvalue weighted by Crippen LogP contribution is -2.30. The number of amides is 1. The number of carbonyl (C=O) groups excluding carboxylic acids is 2. The number of aromatic nitrogens is 3. The number of esters is 1. The van der Waals surface area contributed by atoms with E-state index >= 15 is 0 Å². The first-order valence-corrected chi connectivity index (χ1v) is 7.85. The second kappa shape index (κ2) is 7.22. The van der Waals surface area contributed by atoms with E-state index in [1.165, 1.54) is 7.11 Å². The molecule has 0 saturated carbocycles. The molecule has 0 aliphatic rings. The first kappa shape index (κ1) is 17.4. The smallest absolute Gasteiger partial charge is 0.325 e. The summed E-state index contributed by atoms with van der Waals surface area (Å²) in [5.74, 6) is -0.242. The van der Waals surface area contributed by atoms with Crippen molar-refractivity contribution in [3.63, 3.8) is 0 Å². The van der Waals surface area contributed by atoms with Crippen LogP contribution in [-0.4, -0.2) is 47.4 Å². The van der Waals surface area contributed by atoms with Gasteiger partial charge in [-0.25, -0.2) is 4.98 Å². The van der Waals surface area contributed by atoms with Gasteiger partial charge in [-0.15, -0.1) is 0 Å². The molecule has 3 aromatic rings. The average Bonchev–Trinajstić information content (AvgIpc) is 3.06. The highest BCUT2D eigenvalue weighted by atomic mass is 16.5. The number of fused-ring (bicyclic) bond motifs is 1. The number of aryl methyl sites for hydroxylation is 1. The standard InChI is InChI=1S/C18H18N4O4/c1-22-17-14(9-20-22)13(18(24)19-10-16(23)26-3)8-15(21-17)11-5-4-6-12(7-11)25-2/h4-9H,10H2,1-3H3,(H,19,24). The van der Waals surface area contributed by atoms with E-state index in [2.05, 4.69) is 20.1 Å². The number of hydrogen-bond acceptors (Lipinski definition) is 6. The van der Waals surface area contributed by atoms with Crippen molar-refractivity contribution in [3.8, 4) is 17.0 Å². The predicted octanol–water partition coefficient (Wildman–Crippen LogP) is 1.55. The molecule has 1 N–H and O–H groups in total. The van der Waals surface area contributed by atoms with Crippen LogP contribution in [0.25, 0.3) is 22.3 Å².